The van der Waals surface area contributed by atoms with Gasteiger partial charge in [-0.3, -0.25) is 0 Å². The number of rotatable bonds is 2. The summed E-state index contributed by atoms with van der Waals surface area (Å²) in [7, 11) is 0. The fourth-order valence-electron chi connectivity index (χ4n) is 1.18. The van der Waals surface area contributed by atoms with Gasteiger partial charge in [-0.15, -0.1) is 0 Å². The summed E-state index contributed by atoms with van der Waals surface area (Å²) in [4.78, 5) is 0. The highest BCUT2D eigenvalue weighted by molar-refractivity contribution is 5.79. The van der Waals surface area contributed by atoms with E-state index in [0.29, 0.717) is 5.57 Å². The van der Waals surface area contributed by atoms with Crippen molar-refractivity contribution in [2.45, 2.75) is 6.92 Å². The summed E-state index contributed by atoms with van der Waals surface area (Å²) >= 11 is 0. The Kier molecular flexibility index (Phi) is 3.05. The Balaban J connectivity index is 3.22. The first-order chi connectivity index (χ1) is 6.29. The minimum atomic E-state index is 0.660. The van der Waals surface area contributed by atoms with Crippen LogP contribution in [0.3, 0.4) is 0 Å². The van der Waals surface area contributed by atoms with Gasteiger partial charge >= 0.3 is 0 Å². The van der Waals surface area contributed by atoms with Crippen molar-refractivity contribution >= 4 is 5.57 Å². The van der Waals surface area contributed by atoms with Crippen LogP contribution in [0.25, 0.3) is 5.57 Å². The van der Waals surface area contributed by atoms with E-state index in [1.807, 2.05) is 31.2 Å². The van der Waals surface area contributed by atoms with Crippen molar-refractivity contribution in [3.05, 3.63) is 54.1 Å². The third kappa shape index (κ3) is 2.07. The highest BCUT2D eigenvalue weighted by Crippen LogP contribution is 2.17. The van der Waals surface area contributed by atoms with Gasteiger partial charge in [0.05, 0.1) is 11.6 Å². The van der Waals surface area contributed by atoms with Crippen LogP contribution >= 0.6 is 0 Å². The molecular formula is C12H11N. The van der Waals surface area contributed by atoms with Crippen LogP contribution in [0.4, 0.5) is 0 Å². The Hall–Kier alpha value is -1.81. The van der Waals surface area contributed by atoms with Crippen molar-refractivity contribution in [2.75, 3.05) is 0 Å². The molecule has 0 saturated heterocycles. The fraction of sp³-hybridized carbons (Fsp3) is 0.0833. The van der Waals surface area contributed by atoms with E-state index in [1.54, 1.807) is 12.2 Å². The van der Waals surface area contributed by atoms with E-state index in [-0.39, 0.29) is 0 Å². The Labute approximate surface area is 78.6 Å². The minimum Gasteiger partial charge on any atom is -0.192 e. The molecule has 0 bridgehead atoms. The molecule has 0 aliphatic heterocycles. The second-order valence-corrected chi connectivity index (χ2v) is 2.74. The van der Waals surface area contributed by atoms with Crippen LogP contribution in [0, 0.1) is 18.3 Å². The lowest BCUT2D eigenvalue weighted by Crippen LogP contribution is -1.85. The second kappa shape index (κ2) is 4.27. The molecule has 0 unspecified atom stereocenters. The van der Waals surface area contributed by atoms with E-state index in [2.05, 4.69) is 12.6 Å². The van der Waals surface area contributed by atoms with Crippen molar-refractivity contribution in [2.24, 2.45) is 0 Å². The van der Waals surface area contributed by atoms with Gasteiger partial charge in [0, 0.05) is 0 Å². The predicted octanol–water partition coefficient (Wildman–Crippen LogP) is 3.09. The molecule has 0 N–H and O–H groups in total. The van der Waals surface area contributed by atoms with Crippen LogP contribution in [-0.4, -0.2) is 0 Å². The molecule has 0 heterocycles. The van der Waals surface area contributed by atoms with Gasteiger partial charge in [-0.05, 0) is 24.1 Å². The van der Waals surface area contributed by atoms with Gasteiger partial charge in [0.15, 0.2) is 0 Å². The molecule has 1 nitrogen and oxygen atoms in total. The standard InChI is InChI=1S/C12H11N/c1-3-6-11(9-13)12-8-5-4-7-10(12)2/h3-8H,1H2,2H3. The third-order valence-corrected chi connectivity index (χ3v) is 1.84. The Morgan fingerprint density at radius 1 is 1.46 bits per heavy atom. The zero-order valence-electron chi connectivity index (χ0n) is 7.62. The zero-order chi connectivity index (χ0) is 9.68. The number of allylic oxidation sites excluding steroid dienone is 3. The maximum atomic E-state index is 8.87. The van der Waals surface area contributed by atoms with Crippen molar-refractivity contribution < 1.29 is 0 Å². The molecule has 0 amide bonds. The lowest BCUT2D eigenvalue weighted by atomic mass is 10.0. The average Bonchev–Trinajstić information content (AvgIpc) is 2.16. The maximum Gasteiger partial charge on any atom is 0.0998 e. The Morgan fingerprint density at radius 2 is 2.15 bits per heavy atom. The van der Waals surface area contributed by atoms with Crippen molar-refractivity contribution in [3.63, 3.8) is 0 Å². The SMILES string of the molecule is C=CC=C(C#N)c1ccccc1C. The highest BCUT2D eigenvalue weighted by Gasteiger charge is 2.01. The van der Waals surface area contributed by atoms with E-state index in [1.165, 1.54) is 0 Å². The van der Waals surface area contributed by atoms with Gasteiger partial charge in [-0.25, -0.2) is 0 Å². The second-order valence-electron chi connectivity index (χ2n) is 2.74. The van der Waals surface area contributed by atoms with Crippen LogP contribution < -0.4 is 0 Å². The quantitative estimate of drug-likeness (QED) is 0.493. The predicted molar refractivity (Wildman–Crippen MR) is 55.0 cm³/mol. The molecule has 0 aromatic heterocycles. The molecule has 0 aliphatic carbocycles. The van der Waals surface area contributed by atoms with Crippen LogP contribution in [0.5, 0.6) is 0 Å². The first kappa shape index (κ1) is 9.28. The summed E-state index contributed by atoms with van der Waals surface area (Å²) < 4.78 is 0. The van der Waals surface area contributed by atoms with Gasteiger partial charge < -0.3 is 0 Å². The topological polar surface area (TPSA) is 23.8 Å². The summed E-state index contributed by atoms with van der Waals surface area (Å²) in [5.74, 6) is 0. The molecule has 13 heavy (non-hydrogen) atoms. The number of hydrogen-bond acceptors (Lipinski definition) is 1. The average molecular weight is 169 g/mol. The van der Waals surface area contributed by atoms with Crippen molar-refractivity contribution in [1.29, 1.82) is 5.26 Å². The van der Waals surface area contributed by atoms with Gasteiger partial charge in [0.1, 0.15) is 0 Å². The molecule has 64 valence electrons. The van der Waals surface area contributed by atoms with Crippen molar-refractivity contribution in [1.82, 2.24) is 0 Å². The molecule has 1 aromatic rings. The normalized spacial score (nSPS) is 10.6. The molecule has 0 atom stereocenters. The van der Waals surface area contributed by atoms with E-state index in [4.69, 9.17) is 5.26 Å². The highest BCUT2D eigenvalue weighted by atomic mass is 14.2. The summed E-state index contributed by atoms with van der Waals surface area (Å²) in [6.07, 6.45) is 3.35. The molecule has 1 rings (SSSR count). The number of nitriles is 1. The van der Waals surface area contributed by atoms with E-state index < -0.39 is 0 Å². The van der Waals surface area contributed by atoms with E-state index >= 15 is 0 Å². The van der Waals surface area contributed by atoms with Crippen molar-refractivity contribution in [3.8, 4) is 6.07 Å². The zero-order valence-corrected chi connectivity index (χ0v) is 7.62. The maximum absolute atomic E-state index is 8.87. The van der Waals surface area contributed by atoms with Crippen LogP contribution in [0.15, 0.2) is 43.0 Å². The van der Waals surface area contributed by atoms with Gasteiger partial charge in [-0.2, -0.15) is 5.26 Å². The molecule has 0 radical (unpaired) electrons. The molecular weight excluding hydrogens is 158 g/mol. The molecule has 0 saturated carbocycles. The molecule has 0 spiro atoms. The molecule has 1 heteroatoms. The summed E-state index contributed by atoms with van der Waals surface area (Å²) in [5, 5.41) is 8.87. The number of hydrogen-bond donors (Lipinski definition) is 0. The lowest BCUT2D eigenvalue weighted by molar-refractivity contribution is 1.42. The lowest BCUT2D eigenvalue weighted by Gasteiger charge is -2.01. The Morgan fingerprint density at radius 3 is 2.69 bits per heavy atom. The molecule has 0 aliphatic rings. The van der Waals surface area contributed by atoms with Crippen LogP contribution in [-0.2, 0) is 0 Å². The Bertz CT molecular complexity index is 380. The summed E-state index contributed by atoms with van der Waals surface area (Å²) in [6.45, 7) is 5.57. The van der Waals surface area contributed by atoms with Gasteiger partial charge in [0.25, 0.3) is 0 Å². The first-order valence-electron chi connectivity index (χ1n) is 4.08. The third-order valence-electron chi connectivity index (χ3n) is 1.84. The van der Waals surface area contributed by atoms with Gasteiger partial charge in [0.2, 0.25) is 0 Å². The molecule has 0 fully saturated rings. The number of nitrogens with zero attached hydrogens (tertiary/aromatic N) is 1. The molecule has 1 aromatic carbocycles. The van der Waals surface area contributed by atoms with Crippen LogP contribution in [0.2, 0.25) is 0 Å². The monoisotopic (exact) mass is 169 g/mol. The van der Waals surface area contributed by atoms with Crippen LogP contribution in [0.1, 0.15) is 11.1 Å². The minimum absolute atomic E-state index is 0.660. The first-order valence-corrected chi connectivity index (χ1v) is 4.08. The van der Waals surface area contributed by atoms with E-state index in [9.17, 15) is 0 Å². The smallest absolute Gasteiger partial charge is 0.0998 e. The largest absolute Gasteiger partial charge is 0.192 e. The summed E-state index contributed by atoms with van der Waals surface area (Å²) in [6, 6.07) is 9.97. The van der Waals surface area contributed by atoms with Gasteiger partial charge in [-0.1, -0.05) is 36.9 Å². The van der Waals surface area contributed by atoms with E-state index in [0.717, 1.165) is 11.1 Å². The number of benzene rings is 1. The fourth-order valence-corrected chi connectivity index (χ4v) is 1.18. The summed E-state index contributed by atoms with van der Waals surface area (Å²) in [5.41, 5.74) is 2.75. The number of aryl methyl sites for hydroxylation is 1.